The van der Waals surface area contributed by atoms with Crippen LogP contribution in [0.5, 0.6) is 17.2 Å². The van der Waals surface area contributed by atoms with E-state index in [1.807, 2.05) is 12.1 Å². The number of ether oxygens (including phenoxy) is 4. The van der Waals surface area contributed by atoms with Crippen molar-refractivity contribution in [2.75, 3.05) is 67.8 Å². The number of hydrogen-bond donors (Lipinski definition) is 0. The number of hydrogen-bond acceptors (Lipinski definition) is 6. The van der Waals surface area contributed by atoms with Gasteiger partial charge in [0.1, 0.15) is 0 Å². The first-order valence-electron chi connectivity index (χ1n) is 7.96. The molecule has 0 N–H and O–H groups in total. The van der Waals surface area contributed by atoms with Crippen LogP contribution in [0.1, 0.15) is 5.56 Å². The summed E-state index contributed by atoms with van der Waals surface area (Å²) in [5.74, 6) is 2.07. The summed E-state index contributed by atoms with van der Waals surface area (Å²) in [5.41, 5.74) is 1.09. The van der Waals surface area contributed by atoms with Crippen LogP contribution in [-0.2, 0) is 11.3 Å². The topological polar surface area (TPSA) is 43.4 Å². The molecule has 0 radical (unpaired) electrons. The molecule has 1 aromatic rings. The van der Waals surface area contributed by atoms with E-state index in [2.05, 4.69) is 16.8 Å². The van der Waals surface area contributed by atoms with Crippen molar-refractivity contribution in [3.8, 4) is 17.2 Å². The van der Waals surface area contributed by atoms with E-state index >= 15 is 0 Å². The average molecular weight is 324 g/mol. The van der Waals surface area contributed by atoms with Crippen molar-refractivity contribution in [2.45, 2.75) is 6.54 Å². The van der Waals surface area contributed by atoms with Gasteiger partial charge in [-0.15, -0.1) is 0 Å². The van der Waals surface area contributed by atoms with Gasteiger partial charge >= 0.3 is 0 Å². The fourth-order valence-corrected chi connectivity index (χ4v) is 2.79. The van der Waals surface area contributed by atoms with Gasteiger partial charge in [0.15, 0.2) is 11.5 Å². The summed E-state index contributed by atoms with van der Waals surface area (Å²) in [5, 5.41) is 0. The van der Waals surface area contributed by atoms with E-state index in [0.717, 1.165) is 57.3 Å². The average Bonchev–Trinajstić information content (AvgIpc) is 2.60. The maximum absolute atomic E-state index is 5.55. The number of morpholine rings is 1. The van der Waals surface area contributed by atoms with E-state index in [0.29, 0.717) is 11.5 Å². The van der Waals surface area contributed by atoms with E-state index in [1.54, 1.807) is 21.3 Å². The largest absolute Gasteiger partial charge is 0.493 e. The van der Waals surface area contributed by atoms with E-state index in [9.17, 15) is 0 Å². The van der Waals surface area contributed by atoms with E-state index in [1.165, 1.54) is 0 Å². The first kappa shape index (κ1) is 17.8. The van der Waals surface area contributed by atoms with Crippen molar-refractivity contribution in [3.63, 3.8) is 0 Å². The predicted octanol–water partition coefficient (Wildman–Crippen LogP) is 1.48. The number of nitrogens with zero attached hydrogens (tertiary/aromatic N) is 2. The maximum Gasteiger partial charge on any atom is 0.203 e. The summed E-state index contributed by atoms with van der Waals surface area (Å²) < 4.78 is 21.7. The Labute approximate surface area is 138 Å². The minimum atomic E-state index is 0.647. The van der Waals surface area contributed by atoms with E-state index in [4.69, 9.17) is 18.9 Å². The minimum absolute atomic E-state index is 0.647. The van der Waals surface area contributed by atoms with E-state index in [-0.39, 0.29) is 0 Å². The summed E-state index contributed by atoms with van der Waals surface area (Å²) >= 11 is 0. The van der Waals surface area contributed by atoms with Gasteiger partial charge in [-0.2, -0.15) is 0 Å². The van der Waals surface area contributed by atoms with Crippen LogP contribution in [0.3, 0.4) is 0 Å². The lowest BCUT2D eigenvalue weighted by atomic mass is 10.1. The highest BCUT2D eigenvalue weighted by atomic mass is 16.5. The molecule has 1 saturated heterocycles. The Morgan fingerprint density at radius 2 is 1.74 bits per heavy atom. The molecular formula is C17H28N2O4. The Bertz CT molecular complexity index is 490. The highest BCUT2D eigenvalue weighted by Crippen LogP contribution is 2.40. The molecule has 0 amide bonds. The fourth-order valence-electron chi connectivity index (χ4n) is 2.79. The van der Waals surface area contributed by atoms with Gasteiger partial charge in [-0.05, 0) is 13.1 Å². The predicted molar refractivity (Wildman–Crippen MR) is 89.7 cm³/mol. The number of benzene rings is 1. The molecule has 0 saturated carbocycles. The summed E-state index contributed by atoms with van der Waals surface area (Å²) in [4.78, 5) is 4.73. The van der Waals surface area contributed by atoms with Crippen molar-refractivity contribution in [2.24, 2.45) is 0 Å². The Balaban J connectivity index is 1.97. The molecule has 1 fully saturated rings. The maximum atomic E-state index is 5.55. The monoisotopic (exact) mass is 324 g/mol. The van der Waals surface area contributed by atoms with Crippen molar-refractivity contribution < 1.29 is 18.9 Å². The quantitative estimate of drug-likeness (QED) is 0.722. The second-order valence-electron chi connectivity index (χ2n) is 5.69. The molecule has 0 unspecified atom stereocenters. The number of likely N-dealkylation sites (N-methyl/N-ethyl adjacent to an activating group) is 1. The molecule has 130 valence electrons. The molecule has 1 aliphatic rings. The van der Waals surface area contributed by atoms with Gasteiger partial charge in [-0.1, -0.05) is 6.07 Å². The van der Waals surface area contributed by atoms with Crippen LogP contribution >= 0.6 is 0 Å². The van der Waals surface area contributed by atoms with Crippen LogP contribution in [-0.4, -0.2) is 77.6 Å². The fraction of sp³-hybridized carbons (Fsp3) is 0.647. The third kappa shape index (κ3) is 4.73. The highest BCUT2D eigenvalue weighted by Gasteiger charge is 2.17. The zero-order valence-corrected chi connectivity index (χ0v) is 14.6. The van der Waals surface area contributed by atoms with Crippen LogP contribution in [0.15, 0.2) is 12.1 Å². The zero-order chi connectivity index (χ0) is 16.7. The molecule has 0 spiro atoms. The summed E-state index contributed by atoms with van der Waals surface area (Å²) in [6, 6.07) is 3.96. The van der Waals surface area contributed by atoms with Gasteiger partial charge < -0.3 is 23.8 Å². The summed E-state index contributed by atoms with van der Waals surface area (Å²) in [6.07, 6.45) is 0. The smallest absolute Gasteiger partial charge is 0.203 e. The molecule has 1 aliphatic heterocycles. The standard InChI is InChI=1S/C17H28N2O4/c1-18(7-8-19-9-11-23-12-10-19)13-14-5-6-15(20-2)17(22-4)16(14)21-3/h5-6H,7-13H2,1-4H3. The SMILES string of the molecule is COc1ccc(CN(C)CCN2CCOCC2)c(OC)c1OC. The molecule has 6 nitrogen and oxygen atoms in total. The van der Waals surface area contributed by atoms with Gasteiger partial charge in [0.05, 0.1) is 34.5 Å². The van der Waals surface area contributed by atoms with Crippen LogP contribution in [0, 0.1) is 0 Å². The van der Waals surface area contributed by atoms with Gasteiger partial charge in [-0.25, -0.2) is 0 Å². The van der Waals surface area contributed by atoms with Crippen LogP contribution in [0.4, 0.5) is 0 Å². The molecule has 2 rings (SSSR count). The van der Waals surface area contributed by atoms with Crippen LogP contribution in [0.2, 0.25) is 0 Å². The summed E-state index contributed by atoms with van der Waals surface area (Å²) in [6.45, 7) is 6.57. The lowest BCUT2D eigenvalue weighted by molar-refractivity contribution is 0.0342. The Hall–Kier alpha value is -1.50. The molecule has 0 bridgehead atoms. The van der Waals surface area contributed by atoms with Gasteiger partial charge in [0.25, 0.3) is 0 Å². The minimum Gasteiger partial charge on any atom is -0.493 e. The molecule has 6 heteroatoms. The third-order valence-electron chi connectivity index (χ3n) is 4.13. The number of rotatable bonds is 8. The molecule has 1 aromatic carbocycles. The molecular weight excluding hydrogens is 296 g/mol. The van der Waals surface area contributed by atoms with Crippen molar-refractivity contribution >= 4 is 0 Å². The summed E-state index contributed by atoms with van der Waals surface area (Å²) in [7, 11) is 7.04. The number of methoxy groups -OCH3 is 3. The van der Waals surface area contributed by atoms with Gasteiger partial charge in [0.2, 0.25) is 5.75 Å². The Morgan fingerprint density at radius 1 is 1.04 bits per heavy atom. The van der Waals surface area contributed by atoms with Gasteiger partial charge in [0, 0.05) is 38.3 Å². The first-order chi connectivity index (χ1) is 11.2. The first-order valence-corrected chi connectivity index (χ1v) is 7.96. The second-order valence-corrected chi connectivity index (χ2v) is 5.69. The molecule has 1 heterocycles. The normalized spacial score (nSPS) is 15.7. The Morgan fingerprint density at radius 3 is 2.35 bits per heavy atom. The third-order valence-corrected chi connectivity index (χ3v) is 4.13. The highest BCUT2D eigenvalue weighted by molar-refractivity contribution is 5.55. The van der Waals surface area contributed by atoms with Crippen molar-refractivity contribution in [1.29, 1.82) is 0 Å². The molecule has 0 aromatic heterocycles. The molecule has 0 atom stereocenters. The van der Waals surface area contributed by atoms with Crippen LogP contribution < -0.4 is 14.2 Å². The molecule has 23 heavy (non-hydrogen) atoms. The zero-order valence-electron chi connectivity index (χ0n) is 14.6. The van der Waals surface area contributed by atoms with E-state index < -0.39 is 0 Å². The van der Waals surface area contributed by atoms with Crippen molar-refractivity contribution in [3.05, 3.63) is 17.7 Å². The second kappa shape index (κ2) is 8.96. The van der Waals surface area contributed by atoms with Crippen molar-refractivity contribution in [1.82, 2.24) is 9.80 Å². The van der Waals surface area contributed by atoms with Crippen LogP contribution in [0.25, 0.3) is 0 Å². The lowest BCUT2D eigenvalue weighted by Gasteiger charge is -2.28. The Kier molecular flexibility index (Phi) is 6.95. The lowest BCUT2D eigenvalue weighted by Crippen LogP contribution is -2.40. The molecule has 0 aliphatic carbocycles. The van der Waals surface area contributed by atoms with Gasteiger partial charge in [-0.3, -0.25) is 4.90 Å².